The van der Waals surface area contributed by atoms with Gasteiger partial charge in [0.25, 0.3) is 0 Å². The van der Waals surface area contributed by atoms with Crippen molar-refractivity contribution in [2.45, 2.75) is 32.2 Å². The maximum Gasteiger partial charge on any atom is 0.223 e. The quantitative estimate of drug-likeness (QED) is 0.831. The van der Waals surface area contributed by atoms with Crippen molar-refractivity contribution in [3.8, 4) is 11.5 Å². The van der Waals surface area contributed by atoms with Gasteiger partial charge in [-0.2, -0.15) is 0 Å². The van der Waals surface area contributed by atoms with Gasteiger partial charge in [0.2, 0.25) is 5.91 Å². The first kappa shape index (κ1) is 13.3. The summed E-state index contributed by atoms with van der Waals surface area (Å²) in [7, 11) is 3.30. The maximum atomic E-state index is 12.2. The van der Waals surface area contributed by atoms with Crippen molar-refractivity contribution in [1.82, 2.24) is 4.90 Å². The fraction of sp³-hybridized carbons (Fsp3) is 0.562. The van der Waals surface area contributed by atoms with Crippen LogP contribution in [-0.4, -0.2) is 31.6 Å². The smallest absolute Gasteiger partial charge is 0.223 e. The van der Waals surface area contributed by atoms with Crippen LogP contribution in [0.5, 0.6) is 11.5 Å². The van der Waals surface area contributed by atoms with E-state index in [4.69, 9.17) is 9.47 Å². The SMILES string of the molecule is COc1cc2c(cc1OC)[C@@]1(C)[C@H](C)CC(=O)N1CC2. The predicted molar refractivity (Wildman–Crippen MR) is 76.1 cm³/mol. The van der Waals surface area contributed by atoms with Gasteiger partial charge in [-0.25, -0.2) is 0 Å². The van der Waals surface area contributed by atoms with Crippen LogP contribution in [0.2, 0.25) is 0 Å². The van der Waals surface area contributed by atoms with Crippen LogP contribution >= 0.6 is 0 Å². The number of fused-ring (bicyclic) bond motifs is 3. The third-order valence-corrected chi connectivity index (χ3v) is 5.06. The first-order valence-corrected chi connectivity index (χ1v) is 7.08. The summed E-state index contributed by atoms with van der Waals surface area (Å²) in [5.41, 5.74) is 2.26. The van der Waals surface area contributed by atoms with E-state index >= 15 is 0 Å². The number of hydrogen-bond acceptors (Lipinski definition) is 3. The molecule has 2 atom stereocenters. The van der Waals surface area contributed by atoms with Crippen molar-refractivity contribution in [2.75, 3.05) is 20.8 Å². The second-order valence-corrected chi connectivity index (χ2v) is 5.91. The molecule has 1 amide bonds. The van der Waals surface area contributed by atoms with E-state index in [-0.39, 0.29) is 11.4 Å². The van der Waals surface area contributed by atoms with Crippen molar-refractivity contribution >= 4 is 5.91 Å². The average Bonchev–Trinajstić information content (AvgIpc) is 2.68. The highest BCUT2D eigenvalue weighted by Crippen LogP contribution is 2.49. The van der Waals surface area contributed by atoms with Crippen LogP contribution in [0.1, 0.15) is 31.4 Å². The summed E-state index contributed by atoms with van der Waals surface area (Å²) in [6.45, 7) is 5.12. The van der Waals surface area contributed by atoms with Crippen LogP contribution in [0.4, 0.5) is 0 Å². The van der Waals surface area contributed by atoms with Crippen molar-refractivity contribution in [3.05, 3.63) is 23.3 Å². The molecule has 0 aliphatic carbocycles. The molecule has 0 aromatic heterocycles. The molecule has 20 heavy (non-hydrogen) atoms. The van der Waals surface area contributed by atoms with Crippen LogP contribution in [0, 0.1) is 5.92 Å². The Labute approximate surface area is 119 Å². The van der Waals surface area contributed by atoms with Gasteiger partial charge in [-0.3, -0.25) is 4.79 Å². The summed E-state index contributed by atoms with van der Waals surface area (Å²) in [4.78, 5) is 14.2. The number of carbonyl (C=O) groups is 1. The zero-order valence-electron chi connectivity index (χ0n) is 12.5. The fourth-order valence-corrected chi connectivity index (χ4v) is 3.70. The van der Waals surface area contributed by atoms with Gasteiger partial charge in [-0.15, -0.1) is 0 Å². The normalized spacial score (nSPS) is 28.1. The first-order valence-electron chi connectivity index (χ1n) is 7.08. The average molecular weight is 275 g/mol. The molecular formula is C16H21NO3. The molecule has 1 aromatic carbocycles. The summed E-state index contributed by atoms with van der Waals surface area (Å²) in [6, 6.07) is 4.11. The lowest BCUT2D eigenvalue weighted by Gasteiger charge is -2.44. The molecule has 4 nitrogen and oxygen atoms in total. The third kappa shape index (κ3) is 1.57. The highest BCUT2D eigenvalue weighted by atomic mass is 16.5. The summed E-state index contributed by atoms with van der Waals surface area (Å²) >= 11 is 0. The van der Waals surface area contributed by atoms with Gasteiger partial charge in [0.05, 0.1) is 19.8 Å². The van der Waals surface area contributed by atoms with Gasteiger partial charge in [0, 0.05) is 13.0 Å². The van der Waals surface area contributed by atoms with Gasteiger partial charge in [-0.1, -0.05) is 6.92 Å². The fourth-order valence-electron chi connectivity index (χ4n) is 3.70. The number of benzene rings is 1. The van der Waals surface area contributed by atoms with Crippen molar-refractivity contribution < 1.29 is 14.3 Å². The first-order chi connectivity index (χ1) is 9.52. The summed E-state index contributed by atoms with van der Waals surface area (Å²) in [5, 5.41) is 0. The van der Waals surface area contributed by atoms with E-state index in [2.05, 4.69) is 26.0 Å². The molecule has 2 heterocycles. The van der Waals surface area contributed by atoms with Crippen LogP contribution in [0.25, 0.3) is 0 Å². The van der Waals surface area contributed by atoms with Crippen molar-refractivity contribution in [2.24, 2.45) is 5.92 Å². The topological polar surface area (TPSA) is 38.8 Å². The number of ether oxygens (including phenoxy) is 2. The summed E-state index contributed by atoms with van der Waals surface area (Å²) in [6.07, 6.45) is 1.51. The molecule has 1 fully saturated rings. The number of methoxy groups -OCH3 is 2. The second-order valence-electron chi connectivity index (χ2n) is 5.91. The molecule has 1 aromatic rings. The number of hydrogen-bond donors (Lipinski definition) is 0. The Morgan fingerprint density at radius 3 is 2.55 bits per heavy atom. The Morgan fingerprint density at radius 1 is 1.25 bits per heavy atom. The number of carbonyl (C=O) groups excluding carboxylic acids is 1. The van der Waals surface area contributed by atoms with Gasteiger partial charge < -0.3 is 14.4 Å². The van der Waals surface area contributed by atoms with Crippen LogP contribution in [0.3, 0.4) is 0 Å². The molecule has 0 N–H and O–H groups in total. The Hall–Kier alpha value is -1.71. The van der Waals surface area contributed by atoms with Gasteiger partial charge in [0.1, 0.15) is 0 Å². The molecule has 108 valence electrons. The van der Waals surface area contributed by atoms with E-state index in [1.807, 2.05) is 4.90 Å². The Bertz CT molecular complexity index is 569. The Balaban J connectivity index is 2.18. The molecule has 0 radical (unpaired) electrons. The molecule has 0 spiro atoms. The highest BCUT2D eigenvalue weighted by molar-refractivity contribution is 5.81. The summed E-state index contributed by atoms with van der Waals surface area (Å²) in [5.74, 6) is 2.08. The van der Waals surface area contributed by atoms with E-state index in [1.54, 1.807) is 14.2 Å². The minimum absolute atomic E-state index is 0.218. The van der Waals surface area contributed by atoms with Gasteiger partial charge >= 0.3 is 0 Å². The largest absolute Gasteiger partial charge is 0.493 e. The van der Waals surface area contributed by atoms with Crippen LogP contribution < -0.4 is 9.47 Å². The standard InChI is InChI=1S/C16H21NO3/c1-10-7-15(18)17-6-5-11-8-13(19-3)14(20-4)9-12(11)16(10,17)2/h8-10H,5-7H2,1-4H3/t10-,16-/m1/s1. The molecule has 0 bridgehead atoms. The third-order valence-electron chi connectivity index (χ3n) is 5.06. The predicted octanol–water partition coefficient (Wildman–Crippen LogP) is 2.34. The van der Waals surface area contributed by atoms with Crippen LogP contribution in [-0.2, 0) is 16.8 Å². The molecule has 1 saturated heterocycles. The minimum Gasteiger partial charge on any atom is -0.493 e. The molecular weight excluding hydrogens is 254 g/mol. The zero-order chi connectivity index (χ0) is 14.5. The molecule has 4 heteroatoms. The Kier molecular flexibility index (Phi) is 2.92. The zero-order valence-corrected chi connectivity index (χ0v) is 12.5. The highest BCUT2D eigenvalue weighted by Gasteiger charge is 2.51. The molecule has 0 unspecified atom stereocenters. The van der Waals surface area contributed by atoms with Crippen LogP contribution in [0.15, 0.2) is 12.1 Å². The van der Waals surface area contributed by atoms with Crippen molar-refractivity contribution in [3.63, 3.8) is 0 Å². The van der Waals surface area contributed by atoms with Crippen molar-refractivity contribution in [1.29, 1.82) is 0 Å². The van der Waals surface area contributed by atoms with Gasteiger partial charge in [0.15, 0.2) is 11.5 Å². The monoisotopic (exact) mass is 275 g/mol. The van der Waals surface area contributed by atoms with E-state index in [9.17, 15) is 4.79 Å². The number of nitrogens with zero attached hydrogens (tertiary/aromatic N) is 1. The number of rotatable bonds is 2. The lowest BCUT2D eigenvalue weighted by Crippen LogP contribution is -2.48. The lowest BCUT2D eigenvalue weighted by molar-refractivity contribution is -0.131. The van der Waals surface area contributed by atoms with E-state index < -0.39 is 0 Å². The lowest BCUT2D eigenvalue weighted by atomic mass is 9.76. The van der Waals surface area contributed by atoms with E-state index in [0.717, 1.165) is 24.5 Å². The Morgan fingerprint density at radius 2 is 1.90 bits per heavy atom. The number of amides is 1. The molecule has 0 saturated carbocycles. The molecule has 2 aliphatic rings. The second kappa shape index (κ2) is 4.40. The molecule has 2 aliphatic heterocycles. The minimum atomic E-state index is -0.218. The van der Waals surface area contributed by atoms with E-state index in [0.29, 0.717) is 12.3 Å². The molecule has 3 rings (SSSR count). The summed E-state index contributed by atoms with van der Waals surface area (Å²) < 4.78 is 10.8. The van der Waals surface area contributed by atoms with E-state index in [1.165, 1.54) is 11.1 Å². The van der Waals surface area contributed by atoms with Gasteiger partial charge in [-0.05, 0) is 42.5 Å². The maximum absolute atomic E-state index is 12.2.